The zero-order valence-electron chi connectivity index (χ0n) is 38.2. The van der Waals surface area contributed by atoms with Gasteiger partial charge in [0.1, 0.15) is 42.7 Å². The van der Waals surface area contributed by atoms with Crippen LogP contribution < -0.4 is 0 Å². The summed E-state index contributed by atoms with van der Waals surface area (Å²) in [5.41, 5.74) is 5.53. The van der Waals surface area contributed by atoms with E-state index < -0.39 is 67.4 Å². The number of aliphatic hydroxyl groups is 1. The summed E-state index contributed by atoms with van der Waals surface area (Å²) in [5.74, 6) is -0.583. The van der Waals surface area contributed by atoms with E-state index in [2.05, 4.69) is 0 Å². The molecule has 0 amide bonds. The van der Waals surface area contributed by atoms with Gasteiger partial charge in [-0.1, -0.05) is 182 Å². The van der Waals surface area contributed by atoms with Crippen molar-refractivity contribution in [3.05, 3.63) is 215 Å². The Bertz CT molecular complexity index is 2330. The topological polar surface area (TPSA) is 130 Å². The van der Waals surface area contributed by atoms with Crippen LogP contribution >= 0.6 is 0 Å². The lowest BCUT2D eigenvalue weighted by Crippen LogP contribution is -2.66. The number of rotatable bonds is 23. The maximum Gasteiger partial charge on any atom is 0.303 e. The van der Waals surface area contributed by atoms with Gasteiger partial charge in [-0.05, 0) is 33.4 Å². The predicted octanol–water partition coefficient (Wildman–Crippen LogP) is 8.52. The van der Waals surface area contributed by atoms with E-state index in [1.807, 2.05) is 182 Å². The molecule has 1 N–H and O–H groups in total. The summed E-state index contributed by atoms with van der Waals surface area (Å²) in [4.78, 5) is 13.3. The van der Waals surface area contributed by atoms with Crippen molar-refractivity contribution in [1.29, 1.82) is 0 Å². The quantitative estimate of drug-likeness (QED) is 0.0619. The zero-order valence-corrected chi connectivity index (χ0v) is 38.2. The molecule has 0 aliphatic carbocycles. The molecule has 12 nitrogen and oxygen atoms in total. The van der Waals surface area contributed by atoms with Crippen molar-refractivity contribution < 1.29 is 57.3 Å². The van der Waals surface area contributed by atoms with Crippen LogP contribution in [0, 0.1) is 0 Å². The van der Waals surface area contributed by atoms with Crippen LogP contribution in [0.2, 0.25) is 0 Å². The second-order valence-corrected chi connectivity index (χ2v) is 16.8. The van der Waals surface area contributed by atoms with Crippen LogP contribution in [0.15, 0.2) is 182 Å². The molecule has 0 spiro atoms. The lowest BCUT2D eigenvalue weighted by Gasteiger charge is -2.49. The van der Waals surface area contributed by atoms with E-state index in [4.69, 9.17) is 47.4 Å². The average molecular weight is 925 g/mol. The van der Waals surface area contributed by atoms with Gasteiger partial charge in [-0.3, -0.25) is 4.79 Å². The Labute approximate surface area is 398 Å². The molecule has 2 fully saturated rings. The minimum atomic E-state index is -1.45. The minimum Gasteiger partial charge on any atom is -0.454 e. The molecule has 2 aliphatic rings. The number of carbonyl (C=O) groups is 1. The lowest BCUT2D eigenvalue weighted by atomic mass is 9.95. The first kappa shape index (κ1) is 48.8. The standard InChI is InChI=1S/C56H60O12/c1-40(57)65-54-51(62-35-44-26-14-5-15-27-44)49(61-34-43-24-12-4-13-25-43)47(38-59-32-41-20-8-2-9-21-41)67-56(54)68-50-48(39-60-33-42-22-10-3-11-23-42)66-55(58)53(64-37-46-30-18-7-19-31-46)52(50)63-36-45-28-16-6-17-29-45/h2-31,47-56,58H,32-39H2,1H3/t47?,48?,49-,50+,51?,52?,53?,54?,55+,56+/m1/s1. The van der Waals surface area contributed by atoms with Gasteiger partial charge >= 0.3 is 5.97 Å². The van der Waals surface area contributed by atoms with Gasteiger partial charge < -0.3 is 52.5 Å². The average Bonchev–Trinajstić information content (AvgIpc) is 3.37. The molecule has 8 rings (SSSR count). The SMILES string of the molecule is CC(=O)OC1C(OCc2ccccc2)[C@H](OCc2ccccc2)C(COCc2ccccc2)O[C@H]1O[C@H]1C(COCc2ccccc2)O[C@H](O)C(OCc2ccccc2)C1OCc1ccccc1. The maximum atomic E-state index is 13.3. The third-order valence-corrected chi connectivity index (χ3v) is 11.7. The van der Waals surface area contributed by atoms with E-state index >= 15 is 0 Å². The van der Waals surface area contributed by atoms with Gasteiger partial charge in [-0.2, -0.15) is 0 Å². The summed E-state index contributed by atoms with van der Waals surface area (Å²) < 4.78 is 66.4. The summed E-state index contributed by atoms with van der Waals surface area (Å²) in [6.07, 6.45) is -10.5. The molecule has 6 aromatic carbocycles. The molecule has 6 unspecified atom stereocenters. The van der Waals surface area contributed by atoms with Gasteiger partial charge in [-0.25, -0.2) is 0 Å². The summed E-state index contributed by atoms with van der Waals surface area (Å²) in [6, 6.07) is 58.5. The van der Waals surface area contributed by atoms with Crippen molar-refractivity contribution in [3.8, 4) is 0 Å². The van der Waals surface area contributed by atoms with Crippen LogP contribution in [0.3, 0.4) is 0 Å². The second kappa shape index (κ2) is 25.7. The summed E-state index contributed by atoms with van der Waals surface area (Å²) >= 11 is 0. The van der Waals surface area contributed by atoms with Crippen LogP contribution in [0.4, 0.5) is 0 Å². The van der Waals surface area contributed by atoms with E-state index in [1.54, 1.807) is 0 Å². The molecular formula is C56H60O12. The summed E-state index contributed by atoms with van der Waals surface area (Å²) in [5, 5.41) is 11.8. The normalized spacial score (nSPS) is 24.9. The first-order chi connectivity index (χ1) is 33.5. The number of esters is 1. The molecule has 356 valence electrons. The third kappa shape index (κ3) is 14.2. The van der Waals surface area contributed by atoms with Crippen molar-refractivity contribution in [2.24, 2.45) is 0 Å². The second-order valence-electron chi connectivity index (χ2n) is 16.8. The molecule has 0 saturated carbocycles. The van der Waals surface area contributed by atoms with Gasteiger partial charge in [0.15, 0.2) is 18.7 Å². The van der Waals surface area contributed by atoms with Gasteiger partial charge in [0.2, 0.25) is 0 Å². The fourth-order valence-electron chi connectivity index (χ4n) is 8.35. The number of aliphatic hydroxyl groups excluding tert-OH is 1. The maximum absolute atomic E-state index is 13.3. The molecule has 2 saturated heterocycles. The van der Waals surface area contributed by atoms with Gasteiger partial charge in [0, 0.05) is 6.92 Å². The molecule has 2 aliphatic heterocycles. The van der Waals surface area contributed by atoms with Gasteiger partial charge in [0.25, 0.3) is 0 Å². The highest BCUT2D eigenvalue weighted by Gasteiger charge is 2.55. The fourth-order valence-corrected chi connectivity index (χ4v) is 8.35. The monoisotopic (exact) mass is 924 g/mol. The van der Waals surface area contributed by atoms with Crippen molar-refractivity contribution in [3.63, 3.8) is 0 Å². The third-order valence-electron chi connectivity index (χ3n) is 11.7. The molecule has 2 heterocycles. The molecule has 68 heavy (non-hydrogen) atoms. The molecule has 6 aromatic rings. The highest BCUT2D eigenvalue weighted by molar-refractivity contribution is 5.66. The number of hydrogen-bond donors (Lipinski definition) is 1. The van der Waals surface area contributed by atoms with Crippen molar-refractivity contribution in [2.45, 2.75) is 108 Å². The Kier molecular flexibility index (Phi) is 18.4. The van der Waals surface area contributed by atoms with Gasteiger partial charge in [-0.15, -0.1) is 0 Å². The Morgan fingerprint density at radius 2 is 0.735 bits per heavy atom. The molecular weight excluding hydrogens is 865 g/mol. The van der Waals surface area contributed by atoms with E-state index in [9.17, 15) is 9.90 Å². The first-order valence-corrected chi connectivity index (χ1v) is 23.1. The molecule has 0 aromatic heterocycles. The minimum absolute atomic E-state index is 0.0153. The van der Waals surface area contributed by atoms with Crippen LogP contribution in [-0.4, -0.2) is 85.7 Å². The fraction of sp³-hybridized carbons (Fsp3) is 0.339. The highest BCUT2D eigenvalue weighted by Crippen LogP contribution is 2.36. The van der Waals surface area contributed by atoms with Crippen molar-refractivity contribution >= 4 is 5.97 Å². The van der Waals surface area contributed by atoms with Crippen LogP contribution in [0.5, 0.6) is 0 Å². The first-order valence-electron chi connectivity index (χ1n) is 23.1. The Hall–Kier alpha value is -5.61. The van der Waals surface area contributed by atoms with Crippen molar-refractivity contribution in [1.82, 2.24) is 0 Å². The van der Waals surface area contributed by atoms with Gasteiger partial charge in [0.05, 0.1) is 52.9 Å². The van der Waals surface area contributed by atoms with E-state index in [1.165, 1.54) is 6.92 Å². The van der Waals surface area contributed by atoms with E-state index in [-0.39, 0.29) is 46.2 Å². The largest absolute Gasteiger partial charge is 0.454 e. The van der Waals surface area contributed by atoms with Crippen LogP contribution in [0.25, 0.3) is 0 Å². The molecule has 10 atom stereocenters. The van der Waals surface area contributed by atoms with Crippen LogP contribution in [0.1, 0.15) is 40.3 Å². The summed E-state index contributed by atoms with van der Waals surface area (Å²) in [7, 11) is 0. The molecule has 12 heteroatoms. The Morgan fingerprint density at radius 1 is 0.412 bits per heavy atom. The lowest BCUT2D eigenvalue weighted by molar-refractivity contribution is -0.370. The number of ether oxygens (including phenoxy) is 10. The highest BCUT2D eigenvalue weighted by atomic mass is 16.8. The number of benzene rings is 6. The van der Waals surface area contributed by atoms with Crippen LogP contribution in [-0.2, 0) is 91.8 Å². The molecule has 0 bridgehead atoms. The van der Waals surface area contributed by atoms with Crippen molar-refractivity contribution in [2.75, 3.05) is 13.2 Å². The predicted molar refractivity (Wildman–Crippen MR) is 252 cm³/mol. The number of hydrogen-bond acceptors (Lipinski definition) is 12. The van der Waals surface area contributed by atoms with E-state index in [0.717, 1.165) is 33.4 Å². The zero-order chi connectivity index (χ0) is 46.8. The Morgan fingerprint density at radius 3 is 1.12 bits per heavy atom. The smallest absolute Gasteiger partial charge is 0.303 e. The Balaban J connectivity index is 1.16. The number of carbonyl (C=O) groups excluding carboxylic acids is 1. The molecule has 0 radical (unpaired) electrons. The van der Waals surface area contributed by atoms with E-state index in [0.29, 0.717) is 6.61 Å². The summed E-state index contributed by atoms with van der Waals surface area (Å²) in [6.45, 7) is 2.60.